The van der Waals surface area contributed by atoms with E-state index in [1.165, 1.54) is 0 Å². The third-order valence-corrected chi connectivity index (χ3v) is 1.81. The molecule has 0 saturated heterocycles. The lowest BCUT2D eigenvalue weighted by Crippen LogP contribution is -2.16. The Kier molecular flexibility index (Phi) is 1.40. The molecule has 1 heterocycles. The molecule has 62 valence electrons. The van der Waals surface area contributed by atoms with E-state index < -0.39 is 0 Å². The van der Waals surface area contributed by atoms with Gasteiger partial charge in [-0.2, -0.15) is 4.74 Å². The fourth-order valence-corrected chi connectivity index (χ4v) is 1.22. The fourth-order valence-electron chi connectivity index (χ4n) is 1.22. The smallest absolute Gasteiger partial charge is 0.239 e. The Hall–Kier alpha value is -1.71. The normalized spacial score (nSPS) is 14.5. The molecule has 4 heteroatoms. The van der Waals surface area contributed by atoms with E-state index in [0.717, 1.165) is 10.4 Å². The van der Waals surface area contributed by atoms with Gasteiger partial charge in [0, 0.05) is 11.8 Å². The van der Waals surface area contributed by atoms with Crippen molar-refractivity contribution in [3.8, 4) is 0 Å². The first-order chi connectivity index (χ1) is 5.77. The maximum Gasteiger partial charge on any atom is 0.239 e. The molecular formula is C8H9N3O. The van der Waals surface area contributed by atoms with Crippen molar-refractivity contribution in [1.29, 1.82) is 0 Å². The first-order valence-electron chi connectivity index (χ1n) is 3.70. The number of hydrogen-bond donors (Lipinski definition) is 2. The quantitative estimate of drug-likeness (QED) is 0.339. The van der Waals surface area contributed by atoms with Gasteiger partial charge in [0.2, 0.25) is 5.69 Å². The van der Waals surface area contributed by atoms with E-state index in [-0.39, 0.29) is 0 Å². The molecule has 3 N–H and O–H groups in total. The Labute approximate surface area is 69.9 Å². The zero-order chi connectivity index (χ0) is 8.55. The topological polar surface area (TPSA) is 64.1 Å². The molecule has 2 rings (SSSR count). The third-order valence-electron chi connectivity index (χ3n) is 1.81. The van der Waals surface area contributed by atoms with Gasteiger partial charge in [0.25, 0.3) is 0 Å². The van der Waals surface area contributed by atoms with Gasteiger partial charge >= 0.3 is 0 Å². The Morgan fingerprint density at radius 3 is 3.17 bits per heavy atom. The summed E-state index contributed by atoms with van der Waals surface area (Å²) in [4.78, 5) is 0. The standard InChI is InChI=1S/C8H9N3O/c9-6-1-2-8-7(5-6)10-3-4-11(8)12/h1-2,4-5,10H,3,9H2. The average molecular weight is 163 g/mol. The van der Waals surface area contributed by atoms with Crippen LogP contribution in [0.4, 0.5) is 17.1 Å². The summed E-state index contributed by atoms with van der Waals surface area (Å²) < 4.78 is 0.852. The zero-order valence-corrected chi connectivity index (χ0v) is 6.45. The lowest BCUT2D eigenvalue weighted by molar-refractivity contribution is -0.355. The van der Waals surface area contributed by atoms with E-state index in [2.05, 4.69) is 5.32 Å². The molecule has 0 amide bonds. The van der Waals surface area contributed by atoms with Crippen molar-refractivity contribution < 1.29 is 4.74 Å². The van der Waals surface area contributed by atoms with Crippen LogP contribution in [-0.2, 0) is 0 Å². The zero-order valence-electron chi connectivity index (χ0n) is 6.45. The SMILES string of the molecule is Nc1ccc2c(c1)NCC=[N+]2[O-]. The van der Waals surface area contributed by atoms with Crippen LogP contribution < -0.4 is 11.1 Å². The number of fused-ring (bicyclic) bond motifs is 1. The van der Waals surface area contributed by atoms with E-state index in [0.29, 0.717) is 17.9 Å². The monoisotopic (exact) mass is 163 g/mol. The maximum absolute atomic E-state index is 11.2. The Bertz CT molecular complexity index is 346. The highest BCUT2D eigenvalue weighted by Gasteiger charge is 2.13. The molecule has 0 fully saturated rings. The van der Waals surface area contributed by atoms with Crippen molar-refractivity contribution in [2.75, 3.05) is 17.6 Å². The predicted molar refractivity (Wildman–Crippen MR) is 48.7 cm³/mol. The highest BCUT2D eigenvalue weighted by atomic mass is 16.5. The van der Waals surface area contributed by atoms with Crippen LogP contribution in [0.15, 0.2) is 18.2 Å². The maximum atomic E-state index is 11.2. The molecule has 12 heavy (non-hydrogen) atoms. The van der Waals surface area contributed by atoms with Crippen LogP contribution in [0.5, 0.6) is 0 Å². The van der Waals surface area contributed by atoms with Crippen molar-refractivity contribution in [1.82, 2.24) is 0 Å². The molecule has 0 spiro atoms. The molecule has 1 aliphatic rings. The largest absolute Gasteiger partial charge is 0.618 e. The van der Waals surface area contributed by atoms with Gasteiger partial charge in [-0.3, -0.25) is 0 Å². The molecule has 0 radical (unpaired) electrons. The van der Waals surface area contributed by atoms with Gasteiger partial charge in [-0.1, -0.05) is 0 Å². The molecule has 4 nitrogen and oxygen atoms in total. The van der Waals surface area contributed by atoms with Crippen LogP contribution in [0.25, 0.3) is 0 Å². The Morgan fingerprint density at radius 1 is 1.50 bits per heavy atom. The van der Waals surface area contributed by atoms with Crippen molar-refractivity contribution in [2.45, 2.75) is 0 Å². The average Bonchev–Trinajstić information content (AvgIpc) is 2.04. The molecule has 1 aliphatic heterocycles. The van der Waals surface area contributed by atoms with E-state index >= 15 is 0 Å². The first kappa shape index (κ1) is 6.97. The molecule has 0 bridgehead atoms. The van der Waals surface area contributed by atoms with E-state index in [9.17, 15) is 5.21 Å². The van der Waals surface area contributed by atoms with Crippen LogP contribution >= 0.6 is 0 Å². The summed E-state index contributed by atoms with van der Waals surface area (Å²) in [7, 11) is 0. The summed E-state index contributed by atoms with van der Waals surface area (Å²) >= 11 is 0. The summed E-state index contributed by atoms with van der Waals surface area (Å²) in [6.45, 7) is 0.556. The highest BCUT2D eigenvalue weighted by molar-refractivity contribution is 5.75. The number of benzene rings is 1. The van der Waals surface area contributed by atoms with Gasteiger partial charge in [-0.25, -0.2) is 0 Å². The molecular weight excluding hydrogens is 154 g/mol. The number of nitrogens with two attached hydrogens (primary N) is 1. The van der Waals surface area contributed by atoms with Gasteiger partial charge < -0.3 is 16.3 Å². The predicted octanol–water partition coefficient (Wildman–Crippen LogP) is 0.907. The van der Waals surface area contributed by atoms with Crippen LogP contribution in [-0.4, -0.2) is 17.5 Å². The summed E-state index contributed by atoms with van der Waals surface area (Å²) in [6, 6.07) is 5.18. The van der Waals surface area contributed by atoms with E-state index in [1.807, 2.05) is 0 Å². The van der Waals surface area contributed by atoms with Crippen molar-refractivity contribution >= 4 is 23.3 Å². The van der Waals surface area contributed by atoms with Gasteiger partial charge in [-0.05, 0) is 12.1 Å². The van der Waals surface area contributed by atoms with E-state index in [4.69, 9.17) is 5.73 Å². The second-order valence-corrected chi connectivity index (χ2v) is 2.67. The van der Waals surface area contributed by atoms with Crippen LogP contribution in [0.2, 0.25) is 0 Å². The first-order valence-corrected chi connectivity index (χ1v) is 3.70. The minimum Gasteiger partial charge on any atom is -0.618 e. The highest BCUT2D eigenvalue weighted by Crippen LogP contribution is 2.27. The number of nitrogens with zero attached hydrogens (tertiary/aromatic N) is 1. The second kappa shape index (κ2) is 2.41. The molecule has 1 aromatic carbocycles. The van der Waals surface area contributed by atoms with Gasteiger partial charge in [0.05, 0.1) is 6.54 Å². The fraction of sp³-hybridized carbons (Fsp3) is 0.125. The number of rotatable bonds is 0. The molecule has 0 aliphatic carbocycles. The summed E-state index contributed by atoms with van der Waals surface area (Å²) in [6.07, 6.45) is 1.54. The van der Waals surface area contributed by atoms with Crippen LogP contribution in [0.1, 0.15) is 0 Å². The summed E-state index contributed by atoms with van der Waals surface area (Å²) in [5.41, 5.74) is 7.64. The lowest BCUT2D eigenvalue weighted by atomic mass is 10.2. The summed E-state index contributed by atoms with van der Waals surface area (Å²) in [5.74, 6) is 0. The number of anilines is 2. The van der Waals surface area contributed by atoms with Gasteiger partial charge in [0.15, 0.2) is 6.21 Å². The number of hydrogen-bond acceptors (Lipinski definition) is 3. The van der Waals surface area contributed by atoms with Gasteiger partial charge in [0.1, 0.15) is 5.69 Å². The molecule has 0 saturated carbocycles. The molecule has 1 aromatic rings. The number of nitrogen functional groups attached to an aromatic ring is 1. The van der Waals surface area contributed by atoms with Crippen molar-refractivity contribution in [3.63, 3.8) is 0 Å². The van der Waals surface area contributed by atoms with Crippen LogP contribution in [0.3, 0.4) is 0 Å². The Balaban J connectivity index is 2.56. The molecule has 0 aromatic heterocycles. The minimum absolute atomic E-state index is 0.556. The van der Waals surface area contributed by atoms with Gasteiger partial charge in [-0.15, -0.1) is 0 Å². The van der Waals surface area contributed by atoms with Crippen LogP contribution in [0, 0.1) is 5.21 Å². The summed E-state index contributed by atoms with van der Waals surface area (Å²) in [5, 5.41) is 14.2. The lowest BCUT2D eigenvalue weighted by Gasteiger charge is -2.14. The third kappa shape index (κ3) is 0.972. The van der Waals surface area contributed by atoms with Crippen molar-refractivity contribution in [2.24, 2.45) is 0 Å². The molecule has 0 atom stereocenters. The molecule has 0 unspecified atom stereocenters. The number of nitrogens with one attached hydrogen (secondary N) is 1. The van der Waals surface area contributed by atoms with E-state index in [1.54, 1.807) is 24.4 Å². The minimum atomic E-state index is 0.556. The second-order valence-electron chi connectivity index (χ2n) is 2.67. The van der Waals surface area contributed by atoms with Crippen molar-refractivity contribution in [3.05, 3.63) is 23.4 Å². The Morgan fingerprint density at radius 2 is 2.33 bits per heavy atom.